The van der Waals surface area contributed by atoms with E-state index in [1.807, 2.05) is 4.90 Å². The van der Waals surface area contributed by atoms with Crippen molar-refractivity contribution >= 4 is 46.6 Å². The Hall–Kier alpha value is -3.81. The monoisotopic (exact) mass is 556 g/mol. The van der Waals surface area contributed by atoms with Gasteiger partial charge in [0, 0.05) is 30.4 Å². The fraction of sp³-hybridized carbons (Fsp3) is 0.292. The molecule has 1 aliphatic heterocycles. The molecule has 38 heavy (non-hydrogen) atoms. The molecule has 4 aromatic rings. The van der Waals surface area contributed by atoms with E-state index in [2.05, 4.69) is 32.2 Å². The van der Waals surface area contributed by atoms with Gasteiger partial charge in [-0.15, -0.1) is 0 Å². The smallest absolute Gasteiger partial charge is 0.291 e. The minimum Gasteiger partial charge on any atom is -0.493 e. The molecular weight excluding hydrogens is 532 g/mol. The van der Waals surface area contributed by atoms with E-state index in [4.69, 9.17) is 17.3 Å². The molecule has 1 saturated heterocycles. The number of nitrogens with zero attached hydrogens (tertiary/aromatic N) is 4. The van der Waals surface area contributed by atoms with E-state index in [9.17, 15) is 19.5 Å². The van der Waals surface area contributed by atoms with Crippen molar-refractivity contribution in [3.05, 3.63) is 68.1 Å². The Bertz CT molecular complexity index is 1640. The molecule has 0 saturated carbocycles. The number of nitrogens with one attached hydrogen (secondary N) is 3. The second kappa shape index (κ2) is 10.2. The van der Waals surface area contributed by atoms with Crippen molar-refractivity contribution in [2.24, 2.45) is 11.1 Å². The third kappa shape index (κ3) is 4.87. The SMILES string of the molecule is CC1(CN)CCN(c2ncc(Sc3cccc(NC(=O)c4c(O)n5ccnc5[nH]c4=O)c3Cl)[nH]c2=O)CC1. The van der Waals surface area contributed by atoms with Crippen LogP contribution in [0.15, 0.2) is 56.3 Å². The quantitative estimate of drug-likeness (QED) is 0.239. The second-order valence-electron chi connectivity index (χ2n) is 9.35. The highest BCUT2D eigenvalue weighted by atomic mass is 35.5. The summed E-state index contributed by atoms with van der Waals surface area (Å²) in [6, 6.07) is 4.94. The number of fused-ring (bicyclic) bond motifs is 1. The van der Waals surface area contributed by atoms with E-state index in [0.29, 0.717) is 35.4 Å². The molecule has 0 aliphatic carbocycles. The number of amides is 1. The zero-order valence-electron chi connectivity index (χ0n) is 20.3. The summed E-state index contributed by atoms with van der Waals surface area (Å²) < 4.78 is 1.18. The van der Waals surface area contributed by atoms with Crippen LogP contribution < -0.4 is 27.1 Å². The largest absolute Gasteiger partial charge is 0.493 e. The molecule has 198 valence electrons. The van der Waals surface area contributed by atoms with Gasteiger partial charge in [-0.1, -0.05) is 36.4 Å². The summed E-state index contributed by atoms with van der Waals surface area (Å²) in [4.78, 5) is 54.1. The van der Waals surface area contributed by atoms with Crippen molar-refractivity contribution in [1.82, 2.24) is 24.3 Å². The summed E-state index contributed by atoms with van der Waals surface area (Å²) in [5, 5.41) is 13.6. The molecule has 3 aromatic heterocycles. The van der Waals surface area contributed by atoms with Crippen molar-refractivity contribution in [2.45, 2.75) is 29.7 Å². The summed E-state index contributed by atoms with van der Waals surface area (Å²) in [6.45, 7) is 4.17. The lowest BCUT2D eigenvalue weighted by atomic mass is 9.80. The summed E-state index contributed by atoms with van der Waals surface area (Å²) in [7, 11) is 0. The van der Waals surface area contributed by atoms with Gasteiger partial charge in [-0.05, 0) is 36.9 Å². The molecule has 0 spiro atoms. The van der Waals surface area contributed by atoms with Crippen LogP contribution in [0.1, 0.15) is 30.1 Å². The van der Waals surface area contributed by atoms with Crippen LogP contribution in [0, 0.1) is 5.41 Å². The molecule has 1 fully saturated rings. The number of H-pyrrole nitrogens is 2. The van der Waals surface area contributed by atoms with Gasteiger partial charge in [0.05, 0.1) is 21.9 Å². The van der Waals surface area contributed by atoms with Crippen LogP contribution in [0.3, 0.4) is 0 Å². The molecule has 12 nitrogen and oxygen atoms in total. The van der Waals surface area contributed by atoms with Crippen molar-refractivity contribution in [3.8, 4) is 5.88 Å². The van der Waals surface area contributed by atoms with Gasteiger partial charge >= 0.3 is 0 Å². The van der Waals surface area contributed by atoms with Gasteiger partial charge in [0.15, 0.2) is 11.4 Å². The Labute approximate surface area is 225 Å². The van der Waals surface area contributed by atoms with E-state index >= 15 is 0 Å². The highest BCUT2D eigenvalue weighted by molar-refractivity contribution is 7.99. The number of aromatic hydroxyl groups is 1. The number of anilines is 2. The minimum absolute atomic E-state index is 0.0781. The number of aromatic nitrogens is 5. The first-order chi connectivity index (χ1) is 18.2. The molecule has 0 bridgehead atoms. The van der Waals surface area contributed by atoms with Gasteiger partial charge in [0.25, 0.3) is 17.0 Å². The maximum absolute atomic E-state index is 12.9. The number of imidazole rings is 1. The predicted octanol–water partition coefficient (Wildman–Crippen LogP) is 2.43. The number of hydrogen-bond donors (Lipinski definition) is 5. The molecule has 5 rings (SSSR count). The molecule has 4 heterocycles. The van der Waals surface area contributed by atoms with Gasteiger partial charge < -0.3 is 26.0 Å². The number of hydrogen-bond acceptors (Lipinski definition) is 9. The number of rotatable bonds is 6. The maximum atomic E-state index is 12.9. The van der Waals surface area contributed by atoms with Crippen LogP contribution in [-0.2, 0) is 0 Å². The molecular formula is C24H25ClN8O4S. The molecule has 1 aliphatic rings. The number of benzene rings is 1. The van der Waals surface area contributed by atoms with Crippen LogP contribution in [0.5, 0.6) is 5.88 Å². The van der Waals surface area contributed by atoms with Crippen molar-refractivity contribution in [3.63, 3.8) is 0 Å². The third-order valence-electron chi connectivity index (χ3n) is 6.71. The highest BCUT2D eigenvalue weighted by Crippen LogP contribution is 2.37. The first kappa shape index (κ1) is 25.8. The van der Waals surface area contributed by atoms with Gasteiger partial charge in [-0.3, -0.25) is 23.8 Å². The Morgan fingerprint density at radius 2 is 2.00 bits per heavy atom. The number of aromatic amines is 2. The Kier molecular flexibility index (Phi) is 6.90. The fourth-order valence-electron chi connectivity index (χ4n) is 4.27. The first-order valence-electron chi connectivity index (χ1n) is 11.8. The molecule has 0 radical (unpaired) electrons. The lowest BCUT2D eigenvalue weighted by molar-refractivity contribution is 0.102. The molecule has 1 amide bonds. The van der Waals surface area contributed by atoms with Crippen LogP contribution in [0.25, 0.3) is 5.78 Å². The van der Waals surface area contributed by atoms with Gasteiger partial charge in [-0.2, -0.15) is 0 Å². The molecule has 14 heteroatoms. The lowest BCUT2D eigenvalue weighted by Gasteiger charge is -2.38. The molecule has 1 aromatic carbocycles. The van der Waals surface area contributed by atoms with Crippen LogP contribution >= 0.6 is 23.4 Å². The normalized spacial score (nSPS) is 15.1. The van der Waals surface area contributed by atoms with E-state index in [1.165, 1.54) is 28.6 Å². The average Bonchev–Trinajstić information content (AvgIpc) is 3.36. The van der Waals surface area contributed by atoms with E-state index in [1.54, 1.807) is 24.4 Å². The summed E-state index contributed by atoms with van der Waals surface area (Å²) in [5.74, 6) is -0.940. The maximum Gasteiger partial charge on any atom is 0.291 e. The van der Waals surface area contributed by atoms with Gasteiger partial charge in [0.2, 0.25) is 11.7 Å². The van der Waals surface area contributed by atoms with E-state index in [-0.39, 0.29) is 27.5 Å². The molecule has 0 atom stereocenters. The summed E-state index contributed by atoms with van der Waals surface area (Å²) >= 11 is 7.72. The number of nitrogens with two attached hydrogens (primary N) is 1. The number of carbonyl (C=O) groups excluding carboxylic acids is 1. The number of halogens is 1. The van der Waals surface area contributed by atoms with Crippen molar-refractivity contribution in [2.75, 3.05) is 29.9 Å². The first-order valence-corrected chi connectivity index (χ1v) is 13.0. The topological polar surface area (TPSA) is 174 Å². The number of carbonyl (C=O) groups is 1. The summed E-state index contributed by atoms with van der Waals surface area (Å²) in [5.41, 5.74) is 4.58. The number of piperidine rings is 1. The highest BCUT2D eigenvalue weighted by Gasteiger charge is 2.30. The predicted molar refractivity (Wildman–Crippen MR) is 144 cm³/mol. The van der Waals surface area contributed by atoms with Crippen molar-refractivity contribution < 1.29 is 9.90 Å². The van der Waals surface area contributed by atoms with Crippen LogP contribution in [0.4, 0.5) is 11.5 Å². The van der Waals surface area contributed by atoms with E-state index in [0.717, 1.165) is 12.8 Å². The average molecular weight is 557 g/mol. The van der Waals surface area contributed by atoms with Crippen LogP contribution in [0.2, 0.25) is 5.02 Å². The van der Waals surface area contributed by atoms with Crippen LogP contribution in [-0.4, -0.2) is 55.0 Å². The Morgan fingerprint density at radius 3 is 2.71 bits per heavy atom. The van der Waals surface area contributed by atoms with E-state index < -0.39 is 22.9 Å². The second-order valence-corrected chi connectivity index (χ2v) is 10.8. The molecule has 6 N–H and O–H groups in total. The van der Waals surface area contributed by atoms with Gasteiger partial charge in [0.1, 0.15) is 0 Å². The van der Waals surface area contributed by atoms with Gasteiger partial charge in [-0.25, -0.2) is 9.97 Å². The molecule has 0 unspecified atom stereocenters. The summed E-state index contributed by atoms with van der Waals surface area (Å²) in [6.07, 6.45) is 6.12. The Balaban J connectivity index is 1.33. The Morgan fingerprint density at radius 1 is 1.24 bits per heavy atom. The lowest BCUT2D eigenvalue weighted by Crippen LogP contribution is -2.44. The zero-order valence-corrected chi connectivity index (χ0v) is 21.9. The zero-order chi connectivity index (χ0) is 27.0. The standard InChI is InChI=1S/C24H25ClN8O4S/c1-24(12-26)5-8-32(9-6-24)18-21(36)30-15(11-28-18)38-14-4-2-3-13(17(14)25)29-19(34)16-20(35)31-23-27-7-10-33(23)22(16)37/h2-4,7,10-11,37H,5-6,8-9,12,26H2,1H3,(H,29,34)(H,30,36)(H,27,31,35). The van der Waals surface area contributed by atoms with Crippen molar-refractivity contribution in [1.29, 1.82) is 0 Å². The minimum atomic E-state index is -0.852. The fourth-order valence-corrected chi connectivity index (χ4v) is 5.39. The third-order valence-corrected chi connectivity index (χ3v) is 8.22.